The van der Waals surface area contributed by atoms with E-state index < -0.39 is 5.82 Å². The fraction of sp³-hybridized carbons (Fsp3) is 0.167. The van der Waals surface area contributed by atoms with Crippen molar-refractivity contribution in [2.45, 2.75) is 6.92 Å². The van der Waals surface area contributed by atoms with Gasteiger partial charge in [0.15, 0.2) is 11.6 Å². The van der Waals surface area contributed by atoms with E-state index in [4.69, 9.17) is 11.6 Å². The van der Waals surface area contributed by atoms with Crippen molar-refractivity contribution in [1.82, 2.24) is 9.97 Å². The molecule has 0 aliphatic carbocycles. The highest BCUT2D eigenvalue weighted by molar-refractivity contribution is 9.10. The van der Waals surface area contributed by atoms with Crippen LogP contribution in [0.1, 0.15) is 6.92 Å². The average Bonchev–Trinajstić information content (AvgIpc) is 2.38. The number of halogens is 3. The molecule has 0 aliphatic heterocycles. The minimum atomic E-state index is -0.534. The van der Waals surface area contributed by atoms with Crippen LogP contribution in [0, 0.1) is 5.82 Å². The second kappa shape index (κ2) is 6.16. The molecular weight excluding hydrogens is 335 g/mol. The molecule has 0 fully saturated rings. The van der Waals surface area contributed by atoms with Crippen LogP contribution in [0.15, 0.2) is 28.9 Å². The first-order valence-electron chi connectivity index (χ1n) is 5.58. The Kier molecular flexibility index (Phi) is 4.55. The second-order valence-electron chi connectivity index (χ2n) is 3.67. The van der Waals surface area contributed by atoms with Gasteiger partial charge in [0.05, 0.1) is 11.9 Å². The summed E-state index contributed by atoms with van der Waals surface area (Å²) in [5.74, 6) is -0.0769. The van der Waals surface area contributed by atoms with Gasteiger partial charge in [-0.05, 0) is 41.1 Å². The number of hydrogen-bond donors (Lipinski definition) is 2. The van der Waals surface area contributed by atoms with E-state index >= 15 is 0 Å². The van der Waals surface area contributed by atoms with Gasteiger partial charge in [-0.1, -0.05) is 11.6 Å². The second-order valence-corrected chi connectivity index (χ2v) is 4.96. The summed E-state index contributed by atoms with van der Waals surface area (Å²) in [6.07, 6.45) is 1.12. The molecule has 100 valence electrons. The molecule has 1 aromatic heterocycles. The first-order valence-corrected chi connectivity index (χ1v) is 6.75. The van der Waals surface area contributed by atoms with Crippen molar-refractivity contribution in [3.05, 3.63) is 39.7 Å². The Bertz CT molecular complexity index is 594. The van der Waals surface area contributed by atoms with Gasteiger partial charge in [0, 0.05) is 16.0 Å². The highest BCUT2D eigenvalue weighted by Crippen LogP contribution is 2.29. The van der Waals surface area contributed by atoms with Crippen LogP contribution in [0.5, 0.6) is 0 Å². The fourth-order valence-electron chi connectivity index (χ4n) is 1.42. The van der Waals surface area contributed by atoms with E-state index in [1.54, 1.807) is 18.2 Å². The van der Waals surface area contributed by atoms with E-state index in [2.05, 4.69) is 36.5 Å². The first kappa shape index (κ1) is 14.0. The van der Waals surface area contributed by atoms with E-state index in [9.17, 15) is 4.39 Å². The number of rotatable bonds is 4. The lowest BCUT2D eigenvalue weighted by molar-refractivity contribution is 0.619. The quantitative estimate of drug-likeness (QED) is 0.871. The number of anilines is 3. The highest BCUT2D eigenvalue weighted by atomic mass is 79.9. The number of hydrogen-bond acceptors (Lipinski definition) is 4. The monoisotopic (exact) mass is 344 g/mol. The van der Waals surface area contributed by atoms with Crippen molar-refractivity contribution in [3.63, 3.8) is 0 Å². The SMILES string of the molecule is CCNc1ncc(F)c(Nc2cc(Cl)ccc2Br)n1. The van der Waals surface area contributed by atoms with Crippen LogP contribution in [0.25, 0.3) is 0 Å². The molecule has 0 saturated carbocycles. The normalized spacial score (nSPS) is 10.3. The zero-order chi connectivity index (χ0) is 13.8. The topological polar surface area (TPSA) is 49.8 Å². The largest absolute Gasteiger partial charge is 0.354 e. The van der Waals surface area contributed by atoms with Crippen molar-refractivity contribution >= 4 is 45.0 Å². The molecule has 0 bridgehead atoms. The molecule has 4 nitrogen and oxygen atoms in total. The van der Waals surface area contributed by atoms with Crippen molar-refractivity contribution in [3.8, 4) is 0 Å². The molecule has 2 rings (SSSR count). The van der Waals surface area contributed by atoms with Gasteiger partial charge in [-0.2, -0.15) is 4.98 Å². The van der Waals surface area contributed by atoms with Crippen molar-refractivity contribution in [2.24, 2.45) is 0 Å². The van der Waals surface area contributed by atoms with Gasteiger partial charge in [0.2, 0.25) is 5.95 Å². The summed E-state index contributed by atoms with van der Waals surface area (Å²) in [5.41, 5.74) is 0.632. The Morgan fingerprint density at radius 2 is 2.21 bits per heavy atom. The molecule has 2 N–H and O–H groups in total. The maximum absolute atomic E-state index is 13.7. The summed E-state index contributed by atoms with van der Waals surface area (Å²) in [4.78, 5) is 7.89. The summed E-state index contributed by atoms with van der Waals surface area (Å²) in [6, 6.07) is 5.19. The molecule has 1 heterocycles. The van der Waals surface area contributed by atoms with Gasteiger partial charge in [0.1, 0.15) is 0 Å². The van der Waals surface area contributed by atoms with Crippen LogP contribution in [-0.4, -0.2) is 16.5 Å². The fourth-order valence-corrected chi connectivity index (χ4v) is 1.94. The van der Waals surface area contributed by atoms with E-state index in [1.165, 1.54) is 0 Å². The van der Waals surface area contributed by atoms with Crippen LogP contribution >= 0.6 is 27.5 Å². The smallest absolute Gasteiger partial charge is 0.224 e. The van der Waals surface area contributed by atoms with Gasteiger partial charge >= 0.3 is 0 Å². The zero-order valence-corrected chi connectivity index (χ0v) is 12.4. The third-order valence-electron chi connectivity index (χ3n) is 2.26. The Labute approximate surface area is 123 Å². The predicted molar refractivity (Wildman–Crippen MR) is 78.6 cm³/mol. The summed E-state index contributed by atoms with van der Waals surface area (Å²) in [6.45, 7) is 2.57. The summed E-state index contributed by atoms with van der Waals surface area (Å²) >= 11 is 9.26. The van der Waals surface area contributed by atoms with Crippen molar-refractivity contribution in [1.29, 1.82) is 0 Å². The minimum absolute atomic E-state index is 0.0916. The molecule has 1 aromatic carbocycles. The first-order chi connectivity index (χ1) is 9.10. The molecular formula is C12H11BrClFN4. The van der Waals surface area contributed by atoms with Crippen LogP contribution in [0.3, 0.4) is 0 Å². The Morgan fingerprint density at radius 1 is 1.42 bits per heavy atom. The van der Waals surface area contributed by atoms with Gasteiger partial charge in [-0.15, -0.1) is 0 Å². The van der Waals surface area contributed by atoms with E-state index in [0.29, 0.717) is 23.2 Å². The average molecular weight is 346 g/mol. The minimum Gasteiger partial charge on any atom is -0.354 e. The van der Waals surface area contributed by atoms with Gasteiger partial charge < -0.3 is 10.6 Å². The molecule has 7 heteroatoms. The molecule has 0 spiro atoms. The zero-order valence-electron chi connectivity index (χ0n) is 10.0. The lowest BCUT2D eigenvalue weighted by Crippen LogP contribution is -2.06. The molecule has 0 aliphatic rings. The van der Waals surface area contributed by atoms with Crippen LogP contribution < -0.4 is 10.6 Å². The summed E-state index contributed by atoms with van der Waals surface area (Å²) < 4.78 is 14.4. The van der Waals surface area contributed by atoms with Gasteiger partial charge in [0.25, 0.3) is 0 Å². The number of nitrogens with zero attached hydrogens (tertiary/aromatic N) is 2. The van der Waals surface area contributed by atoms with Gasteiger partial charge in [-0.3, -0.25) is 0 Å². The predicted octanol–water partition coefficient (Wildman–Crippen LogP) is 4.21. The Hall–Kier alpha value is -1.40. The maximum atomic E-state index is 13.7. The molecule has 0 atom stereocenters. The molecule has 0 amide bonds. The van der Waals surface area contributed by atoms with Crippen molar-refractivity contribution in [2.75, 3.05) is 17.2 Å². The maximum Gasteiger partial charge on any atom is 0.224 e. The van der Waals surface area contributed by atoms with Crippen LogP contribution in [0.4, 0.5) is 21.8 Å². The Balaban J connectivity index is 2.31. The van der Waals surface area contributed by atoms with E-state index in [0.717, 1.165) is 10.7 Å². The number of nitrogens with one attached hydrogen (secondary N) is 2. The third-order valence-corrected chi connectivity index (χ3v) is 3.19. The summed E-state index contributed by atoms with van der Waals surface area (Å²) in [5, 5.41) is 6.35. The number of aromatic nitrogens is 2. The molecule has 0 saturated heterocycles. The lowest BCUT2D eigenvalue weighted by atomic mass is 10.3. The van der Waals surface area contributed by atoms with Crippen molar-refractivity contribution < 1.29 is 4.39 Å². The standard InChI is InChI=1S/C12H11BrClFN4/c1-2-16-12-17-6-9(15)11(19-12)18-10-5-7(14)3-4-8(10)13/h3-6H,2H2,1H3,(H2,16,17,18,19). The lowest BCUT2D eigenvalue weighted by Gasteiger charge is -2.10. The van der Waals surface area contributed by atoms with Crippen LogP contribution in [-0.2, 0) is 0 Å². The molecule has 2 aromatic rings. The molecule has 0 unspecified atom stereocenters. The highest BCUT2D eigenvalue weighted by Gasteiger charge is 2.09. The van der Waals surface area contributed by atoms with E-state index in [1.807, 2.05) is 6.92 Å². The van der Waals surface area contributed by atoms with Crippen LogP contribution in [0.2, 0.25) is 5.02 Å². The number of benzene rings is 1. The summed E-state index contributed by atoms with van der Waals surface area (Å²) in [7, 11) is 0. The Morgan fingerprint density at radius 3 is 2.95 bits per heavy atom. The molecule has 19 heavy (non-hydrogen) atoms. The van der Waals surface area contributed by atoms with E-state index in [-0.39, 0.29) is 5.82 Å². The molecule has 0 radical (unpaired) electrons. The third kappa shape index (κ3) is 3.54. The van der Waals surface area contributed by atoms with Gasteiger partial charge in [-0.25, -0.2) is 9.37 Å².